The number of sulfonamides is 1. The Bertz CT molecular complexity index is 718. The molecule has 1 saturated heterocycles. The number of ether oxygens (including phenoxy) is 1. The summed E-state index contributed by atoms with van der Waals surface area (Å²) in [5, 5.41) is 10.1. The molecule has 0 amide bonds. The summed E-state index contributed by atoms with van der Waals surface area (Å²) in [5.74, 6) is 1.47. The zero-order chi connectivity index (χ0) is 20.4. The smallest absolute Gasteiger partial charge is 0.213 e. The van der Waals surface area contributed by atoms with Gasteiger partial charge in [-0.05, 0) is 32.1 Å². The fourth-order valence-corrected chi connectivity index (χ4v) is 3.69. The lowest BCUT2D eigenvalue weighted by Gasteiger charge is -2.22. The molecular formula is C18H34IN5O4S. The molecule has 1 aliphatic heterocycles. The number of guanidine groups is 1. The molecule has 1 aromatic heterocycles. The van der Waals surface area contributed by atoms with E-state index in [0.717, 1.165) is 25.0 Å². The summed E-state index contributed by atoms with van der Waals surface area (Å²) in [5.41, 5.74) is 0.891. The van der Waals surface area contributed by atoms with Gasteiger partial charge in [-0.2, -0.15) is 0 Å². The van der Waals surface area contributed by atoms with Crippen molar-refractivity contribution in [1.29, 1.82) is 0 Å². The first-order chi connectivity index (χ1) is 13.4. The van der Waals surface area contributed by atoms with Crippen molar-refractivity contribution < 1.29 is 17.7 Å². The second-order valence-corrected chi connectivity index (χ2v) is 9.08. The van der Waals surface area contributed by atoms with Crippen LogP contribution in [-0.2, 0) is 21.3 Å². The van der Waals surface area contributed by atoms with Gasteiger partial charge in [0.05, 0.1) is 17.6 Å². The maximum atomic E-state index is 12.2. The van der Waals surface area contributed by atoms with Crippen LogP contribution in [0.4, 0.5) is 0 Å². The van der Waals surface area contributed by atoms with Crippen LogP contribution in [0.1, 0.15) is 57.4 Å². The van der Waals surface area contributed by atoms with Crippen LogP contribution in [0.5, 0.6) is 0 Å². The van der Waals surface area contributed by atoms with Gasteiger partial charge in [-0.1, -0.05) is 19.0 Å². The van der Waals surface area contributed by atoms with Gasteiger partial charge in [0.2, 0.25) is 10.0 Å². The molecular weight excluding hydrogens is 509 g/mol. The van der Waals surface area contributed by atoms with Gasteiger partial charge in [0.1, 0.15) is 6.54 Å². The van der Waals surface area contributed by atoms with E-state index >= 15 is 0 Å². The van der Waals surface area contributed by atoms with Crippen molar-refractivity contribution in [1.82, 2.24) is 20.5 Å². The SMILES string of the molecule is CCNC(=NCc1cc(C(C)C)no1)NCCS(=O)(=O)NCC1CCCCO1.I. The van der Waals surface area contributed by atoms with Crippen LogP contribution in [-0.4, -0.2) is 57.6 Å². The molecule has 0 aliphatic carbocycles. The number of rotatable bonds is 10. The Hall–Kier alpha value is -0.920. The third kappa shape index (κ3) is 10.1. The predicted molar refractivity (Wildman–Crippen MR) is 124 cm³/mol. The van der Waals surface area contributed by atoms with Crippen LogP contribution < -0.4 is 15.4 Å². The lowest BCUT2D eigenvalue weighted by Crippen LogP contribution is -2.42. The highest BCUT2D eigenvalue weighted by molar-refractivity contribution is 14.0. The Morgan fingerprint density at radius 1 is 1.34 bits per heavy atom. The van der Waals surface area contributed by atoms with Crippen molar-refractivity contribution >= 4 is 40.0 Å². The molecule has 29 heavy (non-hydrogen) atoms. The molecule has 2 rings (SSSR count). The zero-order valence-electron chi connectivity index (χ0n) is 17.4. The second kappa shape index (κ2) is 13.4. The molecule has 1 aliphatic rings. The Balaban J connectivity index is 0.00000420. The quantitative estimate of drug-likeness (QED) is 0.235. The van der Waals surface area contributed by atoms with Crippen LogP contribution in [0.3, 0.4) is 0 Å². The summed E-state index contributed by atoms with van der Waals surface area (Å²) in [6.45, 7) is 8.34. The van der Waals surface area contributed by atoms with Crippen LogP contribution in [0.15, 0.2) is 15.6 Å². The van der Waals surface area contributed by atoms with Gasteiger partial charge < -0.3 is 19.9 Å². The van der Waals surface area contributed by atoms with Gasteiger partial charge in [0.25, 0.3) is 0 Å². The van der Waals surface area contributed by atoms with E-state index in [1.54, 1.807) is 0 Å². The number of hydrogen-bond donors (Lipinski definition) is 3. The first-order valence-electron chi connectivity index (χ1n) is 9.96. The van der Waals surface area contributed by atoms with E-state index in [2.05, 4.69) is 25.5 Å². The standard InChI is InChI=1S/C18H33N5O4S.HI/c1-4-19-18(21-12-16-11-17(14(2)3)23-27-16)20-8-10-28(24,25)22-13-15-7-5-6-9-26-15;/h11,14-15,22H,4-10,12-13H2,1-3H3,(H2,19,20,21);1H. The largest absolute Gasteiger partial charge is 0.377 e. The van der Waals surface area contributed by atoms with Crippen LogP contribution in [0.2, 0.25) is 0 Å². The van der Waals surface area contributed by atoms with Gasteiger partial charge in [-0.3, -0.25) is 0 Å². The van der Waals surface area contributed by atoms with Crippen molar-refractivity contribution in [3.05, 3.63) is 17.5 Å². The second-order valence-electron chi connectivity index (χ2n) is 7.15. The van der Waals surface area contributed by atoms with Crippen LogP contribution in [0.25, 0.3) is 0 Å². The molecule has 1 atom stereocenters. The summed E-state index contributed by atoms with van der Waals surface area (Å²) in [4.78, 5) is 4.42. The minimum Gasteiger partial charge on any atom is -0.377 e. The van der Waals surface area contributed by atoms with Crippen molar-refractivity contribution in [2.45, 2.75) is 58.6 Å². The minimum atomic E-state index is -3.37. The highest BCUT2D eigenvalue weighted by Gasteiger charge is 2.17. The molecule has 2 heterocycles. The van der Waals surface area contributed by atoms with E-state index in [1.165, 1.54) is 0 Å². The highest BCUT2D eigenvalue weighted by atomic mass is 127. The van der Waals surface area contributed by atoms with E-state index in [-0.39, 0.29) is 42.4 Å². The number of aliphatic imine (C=N–C) groups is 1. The molecule has 9 nitrogen and oxygen atoms in total. The van der Waals surface area contributed by atoms with Crippen molar-refractivity contribution in [3.63, 3.8) is 0 Å². The molecule has 1 aromatic rings. The first kappa shape index (κ1) is 26.1. The Morgan fingerprint density at radius 2 is 2.14 bits per heavy atom. The number of nitrogens with one attached hydrogen (secondary N) is 3. The minimum absolute atomic E-state index is 0. The molecule has 11 heteroatoms. The summed E-state index contributed by atoms with van der Waals surface area (Å²) in [7, 11) is -3.37. The summed E-state index contributed by atoms with van der Waals surface area (Å²) in [6, 6.07) is 1.89. The molecule has 0 spiro atoms. The Morgan fingerprint density at radius 3 is 2.76 bits per heavy atom. The summed E-state index contributed by atoms with van der Waals surface area (Å²) < 4.78 is 37.8. The summed E-state index contributed by atoms with van der Waals surface area (Å²) in [6.07, 6.45) is 3.01. The first-order valence-corrected chi connectivity index (χ1v) is 11.6. The van der Waals surface area contributed by atoms with E-state index < -0.39 is 10.0 Å². The predicted octanol–water partition coefficient (Wildman–Crippen LogP) is 1.96. The molecule has 3 N–H and O–H groups in total. The molecule has 168 valence electrons. The van der Waals surface area contributed by atoms with Crippen molar-refractivity contribution in [2.24, 2.45) is 4.99 Å². The van der Waals surface area contributed by atoms with Gasteiger partial charge in [0, 0.05) is 32.3 Å². The third-order valence-corrected chi connectivity index (χ3v) is 5.72. The normalized spacial score (nSPS) is 17.8. The fraction of sp³-hybridized carbons (Fsp3) is 0.778. The monoisotopic (exact) mass is 543 g/mol. The number of aromatic nitrogens is 1. The van der Waals surface area contributed by atoms with E-state index in [9.17, 15) is 8.42 Å². The fourth-order valence-electron chi connectivity index (χ4n) is 2.74. The van der Waals surface area contributed by atoms with Gasteiger partial charge >= 0.3 is 0 Å². The molecule has 0 saturated carbocycles. The molecule has 0 radical (unpaired) electrons. The van der Waals surface area contributed by atoms with E-state index in [1.807, 2.05) is 26.8 Å². The lowest BCUT2D eigenvalue weighted by atomic mass is 10.1. The molecule has 0 aromatic carbocycles. The molecule has 0 bridgehead atoms. The van der Waals surface area contributed by atoms with Crippen LogP contribution >= 0.6 is 24.0 Å². The Labute approximate surface area is 190 Å². The van der Waals surface area contributed by atoms with Gasteiger partial charge in [-0.15, -0.1) is 24.0 Å². The maximum absolute atomic E-state index is 12.2. The average molecular weight is 543 g/mol. The van der Waals surface area contributed by atoms with E-state index in [4.69, 9.17) is 9.26 Å². The Kier molecular flexibility index (Phi) is 12.1. The van der Waals surface area contributed by atoms with Crippen molar-refractivity contribution in [3.8, 4) is 0 Å². The van der Waals surface area contributed by atoms with Gasteiger partial charge in [0.15, 0.2) is 11.7 Å². The zero-order valence-corrected chi connectivity index (χ0v) is 20.6. The van der Waals surface area contributed by atoms with Gasteiger partial charge in [-0.25, -0.2) is 18.1 Å². The number of nitrogens with zero attached hydrogens (tertiary/aromatic N) is 2. The summed E-state index contributed by atoms with van der Waals surface area (Å²) >= 11 is 0. The highest BCUT2D eigenvalue weighted by Crippen LogP contribution is 2.14. The average Bonchev–Trinajstić information content (AvgIpc) is 3.15. The van der Waals surface area contributed by atoms with Crippen molar-refractivity contribution in [2.75, 3.05) is 32.0 Å². The number of hydrogen-bond acceptors (Lipinski definition) is 6. The maximum Gasteiger partial charge on any atom is 0.213 e. The van der Waals surface area contributed by atoms with Crippen LogP contribution in [0, 0.1) is 0 Å². The number of halogens is 1. The topological polar surface area (TPSA) is 118 Å². The third-order valence-electron chi connectivity index (χ3n) is 4.37. The lowest BCUT2D eigenvalue weighted by molar-refractivity contribution is 0.0200. The molecule has 1 unspecified atom stereocenters. The van der Waals surface area contributed by atoms with E-state index in [0.29, 0.717) is 43.9 Å². The molecule has 1 fully saturated rings.